The fourth-order valence-corrected chi connectivity index (χ4v) is 2.19. The zero-order chi connectivity index (χ0) is 17.5. The van der Waals surface area contributed by atoms with Crippen molar-refractivity contribution >= 4 is 29.1 Å². The zero-order valence-corrected chi connectivity index (χ0v) is 14.8. The van der Waals surface area contributed by atoms with Crippen LogP contribution in [-0.4, -0.2) is 29.5 Å². The first-order valence-corrected chi connectivity index (χ1v) is 8.14. The first kappa shape index (κ1) is 18.0. The van der Waals surface area contributed by atoms with Crippen LogP contribution in [0.1, 0.15) is 35.7 Å². The van der Waals surface area contributed by atoms with Gasteiger partial charge in [-0.25, -0.2) is 9.97 Å². The van der Waals surface area contributed by atoms with Crippen molar-refractivity contribution in [3.05, 3.63) is 40.7 Å². The Morgan fingerprint density at radius 2 is 2.00 bits per heavy atom. The largest absolute Gasteiger partial charge is 0.495 e. The van der Waals surface area contributed by atoms with E-state index in [0.29, 0.717) is 34.5 Å². The lowest BCUT2D eigenvalue weighted by atomic mass is 10.2. The van der Waals surface area contributed by atoms with Gasteiger partial charge < -0.3 is 15.4 Å². The highest BCUT2D eigenvalue weighted by Gasteiger charge is 2.10. The molecule has 0 aliphatic carbocycles. The predicted molar refractivity (Wildman–Crippen MR) is 95.3 cm³/mol. The lowest BCUT2D eigenvalue weighted by Crippen LogP contribution is -2.24. The SMILES string of the molecule is CCCCNC(=O)c1cnc(Nc2cc(C)c(Cl)cc2OC)nc1. The van der Waals surface area contributed by atoms with Crippen LogP contribution >= 0.6 is 11.6 Å². The van der Waals surface area contributed by atoms with Crippen molar-refractivity contribution in [3.8, 4) is 5.75 Å². The number of benzene rings is 1. The second-order valence-electron chi connectivity index (χ2n) is 5.33. The average Bonchev–Trinajstić information content (AvgIpc) is 2.58. The van der Waals surface area contributed by atoms with Crippen LogP contribution in [0.5, 0.6) is 5.75 Å². The molecule has 0 fully saturated rings. The standard InChI is InChI=1S/C17H21ClN4O2/c1-4-5-6-19-16(23)12-9-20-17(21-10-12)22-14-7-11(2)13(18)8-15(14)24-3/h7-10H,4-6H2,1-3H3,(H,19,23)(H,20,21,22). The normalized spacial score (nSPS) is 10.3. The van der Waals surface area contributed by atoms with Crippen LogP contribution in [0.2, 0.25) is 5.02 Å². The van der Waals surface area contributed by atoms with E-state index in [-0.39, 0.29) is 5.91 Å². The summed E-state index contributed by atoms with van der Waals surface area (Å²) < 4.78 is 5.30. The first-order valence-electron chi connectivity index (χ1n) is 7.76. The number of hydrogen-bond acceptors (Lipinski definition) is 5. The molecule has 0 saturated heterocycles. The Morgan fingerprint density at radius 3 is 2.62 bits per heavy atom. The number of unbranched alkanes of at least 4 members (excludes halogenated alkanes) is 1. The van der Waals surface area contributed by atoms with Gasteiger partial charge in [-0.05, 0) is 25.0 Å². The van der Waals surface area contributed by atoms with Gasteiger partial charge in [-0.15, -0.1) is 0 Å². The van der Waals surface area contributed by atoms with Crippen molar-refractivity contribution in [3.63, 3.8) is 0 Å². The summed E-state index contributed by atoms with van der Waals surface area (Å²) in [4.78, 5) is 20.3. The summed E-state index contributed by atoms with van der Waals surface area (Å²) in [5.41, 5.74) is 2.04. The molecule has 128 valence electrons. The number of anilines is 2. The molecule has 7 heteroatoms. The highest BCUT2D eigenvalue weighted by atomic mass is 35.5. The summed E-state index contributed by atoms with van der Waals surface area (Å²) in [6.45, 7) is 4.62. The van der Waals surface area contributed by atoms with Gasteiger partial charge >= 0.3 is 0 Å². The Morgan fingerprint density at radius 1 is 1.29 bits per heavy atom. The van der Waals surface area contributed by atoms with Crippen molar-refractivity contribution in [2.45, 2.75) is 26.7 Å². The number of methoxy groups -OCH3 is 1. The molecule has 2 N–H and O–H groups in total. The van der Waals surface area contributed by atoms with Gasteiger partial charge in [0.1, 0.15) is 5.75 Å². The maximum Gasteiger partial charge on any atom is 0.254 e. The molecule has 1 aromatic carbocycles. The molecule has 2 rings (SSSR count). The van der Waals surface area contributed by atoms with Gasteiger partial charge in [0.15, 0.2) is 0 Å². The number of amides is 1. The van der Waals surface area contributed by atoms with Gasteiger partial charge in [0.25, 0.3) is 5.91 Å². The molecule has 0 aliphatic heterocycles. The maximum absolute atomic E-state index is 11.9. The van der Waals surface area contributed by atoms with Crippen molar-refractivity contribution in [1.82, 2.24) is 15.3 Å². The first-order chi connectivity index (χ1) is 11.5. The lowest BCUT2D eigenvalue weighted by Gasteiger charge is -2.12. The molecule has 0 unspecified atom stereocenters. The fourth-order valence-electron chi connectivity index (χ4n) is 2.04. The van der Waals surface area contributed by atoms with Crippen molar-refractivity contribution in [1.29, 1.82) is 0 Å². The maximum atomic E-state index is 11.9. The van der Waals surface area contributed by atoms with Crippen LogP contribution in [0.3, 0.4) is 0 Å². The van der Waals surface area contributed by atoms with E-state index in [9.17, 15) is 4.79 Å². The summed E-state index contributed by atoms with van der Waals surface area (Å²) in [7, 11) is 1.57. The minimum absolute atomic E-state index is 0.171. The van der Waals surface area contributed by atoms with Crippen molar-refractivity contribution < 1.29 is 9.53 Å². The summed E-state index contributed by atoms with van der Waals surface area (Å²) in [5.74, 6) is 0.797. The third-order valence-corrected chi connectivity index (χ3v) is 3.86. The van der Waals surface area contributed by atoms with E-state index in [0.717, 1.165) is 18.4 Å². The van der Waals surface area contributed by atoms with E-state index in [1.807, 2.05) is 13.0 Å². The molecule has 1 amide bonds. The Bertz CT molecular complexity index is 704. The molecule has 0 spiro atoms. The molecule has 1 aromatic heterocycles. The monoisotopic (exact) mass is 348 g/mol. The minimum Gasteiger partial charge on any atom is -0.495 e. The Kier molecular flexibility index (Phi) is 6.37. The van der Waals surface area contributed by atoms with Gasteiger partial charge in [-0.3, -0.25) is 4.79 Å². The molecule has 6 nitrogen and oxygen atoms in total. The summed E-state index contributed by atoms with van der Waals surface area (Å²) in [5, 5.41) is 6.52. The lowest BCUT2D eigenvalue weighted by molar-refractivity contribution is 0.0952. The topological polar surface area (TPSA) is 76.1 Å². The number of aromatic nitrogens is 2. The molecule has 0 aliphatic rings. The minimum atomic E-state index is -0.171. The van der Waals surface area contributed by atoms with Crippen molar-refractivity contribution in [2.75, 3.05) is 19.0 Å². The second kappa shape index (κ2) is 8.49. The highest BCUT2D eigenvalue weighted by molar-refractivity contribution is 6.31. The van der Waals surface area contributed by atoms with Crippen LogP contribution in [0, 0.1) is 6.92 Å². The number of aryl methyl sites for hydroxylation is 1. The van der Waals surface area contributed by atoms with Gasteiger partial charge in [0.05, 0.1) is 18.4 Å². The quantitative estimate of drug-likeness (QED) is 0.746. The molecule has 2 aromatic rings. The summed E-state index contributed by atoms with van der Waals surface area (Å²) >= 11 is 6.09. The third kappa shape index (κ3) is 4.58. The van der Waals surface area contributed by atoms with Crippen LogP contribution in [0.4, 0.5) is 11.6 Å². The van der Waals surface area contributed by atoms with E-state index < -0.39 is 0 Å². The Hall–Kier alpha value is -2.34. The predicted octanol–water partition coefficient (Wildman–Crippen LogP) is 3.72. The molecular weight excluding hydrogens is 328 g/mol. The van der Waals surface area contributed by atoms with E-state index in [1.54, 1.807) is 13.2 Å². The number of carbonyl (C=O) groups excluding carboxylic acids is 1. The summed E-state index contributed by atoms with van der Waals surface area (Å²) in [6.07, 6.45) is 4.96. The molecule has 0 saturated carbocycles. The number of ether oxygens (including phenoxy) is 1. The smallest absolute Gasteiger partial charge is 0.254 e. The van der Waals surface area contributed by atoms with E-state index >= 15 is 0 Å². The molecular formula is C17H21ClN4O2. The number of halogens is 1. The Balaban J connectivity index is 2.09. The number of nitrogens with one attached hydrogen (secondary N) is 2. The average molecular weight is 349 g/mol. The molecule has 1 heterocycles. The van der Waals surface area contributed by atoms with Gasteiger partial charge in [0, 0.05) is 30.0 Å². The van der Waals surface area contributed by atoms with Crippen LogP contribution in [-0.2, 0) is 0 Å². The summed E-state index contributed by atoms with van der Waals surface area (Å²) in [6, 6.07) is 3.59. The number of rotatable bonds is 7. The molecule has 0 atom stereocenters. The number of hydrogen-bond donors (Lipinski definition) is 2. The van der Waals surface area contributed by atoms with Crippen molar-refractivity contribution in [2.24, 2.45) is 0 Å². The second-order valence-corrected chi connectivity index (χ2v) is 5.74. The van der Waals surface area contributed by atoms with E-state index in [1.165, 1.54) is 12.4 Å². The Labute approximate surface area is 146 Å². The fraction of sp³-hybridized carbons (Fsp3) is 0.353. The highest BCUT2D eigenvalue weighted by Crippen LogP contribution is 2.32. The number of carbonyl (C=O) groups is 1. The van der Waals surface area contributed by atoms with Gasteiger partial charge in [0.2, 0.25) is 5.95 Å². The van der Waals surface area contributed by atoms with Crippen LogP contribution < -0.4 is 15.4 Å². The van der Waals surface area contributed by atoms with Crippen LogP contribution in [0.25, 0.3) is 0 Å². The molecule has 0 bridgehead atoms. The van der Waals surface area contributed by atoms with Gasteiger partial charge in [-0.2, -0.15) is 0 Å². The van der Waals surface area contributed by atoms with Gasteiger partial charge in [-0.1, -0.05) is 24.9 Å². The van der Waals surface area contributed by atoms with E-state index in [2.05, 4.69) is 27.5 Å². The van der Waals surface area contributed by atoms with E-state index in [4.69, 9.17) is 16.3 Å². The third-order valence-electron chi connectivity index (χ3n) is 3.46. The number of nitrogens with zero attached hydrogens (tertiary/aromatic N) is 2. The molecule has 24 heavy (non-hydrogen) atoms. The molecule has 0 radical (unpaired) electrons. The zero-order valence-electron chi connectivity index (χ0n) is 14.0. The van der Waals surface area contributed by atoms with Crippen LogP contribution in [0.15, 0.2) is 24.5 Å².